The SMILES string of the molecule is C=CCn1c(=O)n(CC=C)c(=O)n(CC(=O)N2N=C(c3cccs3)CC2c2cccs2)c1=O. The highest BCUT2D eigenvalue weighted by Gasteiger charge is 2.34. The van der Waals surface area contributed by atoms with E-state index in [4.69, 9.17) is 0 Å². The smallest absolute Gasteiger partial charge is 0.271 e. The van der Waals surface area contributed by atoms with Crippen LogP contribution < -0.4 is 17.1 Å². The maximum absolute atomic E-state index is 13.4. The van der Waals surface area contributed by atoms with Gasteiger partial charge >= 0.3 is 17.1 Å². The molecule has 3 aromatic heterocycles. The maximum atomic E-state index is 13.4. The Morgan fingerprint density at radius 1 is 0.970 bits per heavy atom. The zero-order valence-corrected chi connectivity index (χ0v) is 19.3. The number of hydrogen-bond donors (Lipinski definition) is 0. The van der Waals surface area contributed by atoms with E-state index in [2.05, 4.69) is 18.3 Å². The van der Waals surface area contributed by atoms with E-state index in [1.165, 1.54) is 39.8 Å². The van der Waals surface area contributed by atoms with Crippen LogP contribution in [0.2, 0.25) is 0 Å². The number of aromatic nitrogens is 3. The van der Waals surface area contributed by atoms with Crippen molar-refractivity contribution in [1.29, 1.82) is 0 Å². The molecule has 1 amide bonds. The molecule has 0 saturated carbocycles. The summed E-state index contributed by atoms with van der Waals surface area (Å²) in [7, 11) is 0. The van der Waals surface area contributed by atoms with Crippen LogP contribution in [-0.2, 0) is 24.4 Å². The zero-order valence-electron chi connectivity index (χ0n) is 17.6. The van der Waals surface area contributed by atoms with Gasteiger partial charge in [-0.15, -0.1) is 35.8 Å². The third kappa shape index (κ3) is 4.24. The topological polar surface area (TPSA) is 98.7 Å². The van der Waals surface area contributed by atoms with Crippen LogP contribution in [0.5, 0.6) is 0 Å². The molecule has 0 saturated heterocycles. The highest BCUT2D eigenvalue weighted by molar-refractivity contribution is 7.12. The average Bonchev–Trinajstić information content (AvgIpc) is 3.57. The van der Waals surface area contributed by atoms with Crippen LogP contribution in [0, 0.1) is 0 Å². The fourth-order valence-corrected chi connectivity index (χ4v) is 5.16. The first-order valence-electron chi connectivity index (χ1n) is 10.1. The standard InChI is InChI=1S/C22H21N5O4S2/c1-3-9-24-20(29)25(10-4-2)22(31)26(21(24)30)14-19(28)27-16(18-8-6-12-33-18)13-15(23-27)17-7-5-11-32-17/h3-8,11-12,16H,1-2,9-10,13-14H2. The predicted octanol–water partition coefficient (Wildman–Crippen LogP) is 2.04. The van der Waals surface area contributed by atoms with Gasteiger partial charge in [-0.1, -0.05) is 24.3 Å². The third-order valence-corrected chi connectivity index (χ3v) is 7.04. The Morgan fingerprint density at radius 2 is 1.58 bits per heavy atom. The van der Waals surface area contributed by atoms with Gasteiger partial charge in [0.1, 0.15) is 6.54 Å². The average molecular weight is 484 g/mol. The van der Waals surface area contributed by atoms with E-state index in [9.17, 15) is 19.2 Å². The van der Waals surface area contributed by atoms with Crippen LogP contribution >= 0.6 is 22.7 Å². The van der Waals surface area contributed by atoms with Crippen molar-refractivity contribution < 1.29 is 4.79 Å². The Hall–Kier alpha value is -3.57. The molecule has 0 bridgehead atoms. The van der Waals surface area contributed by atoms with Crippen molar-refractivity contribution >= 4 is 34.3 Å². The third-order valence-electron chi connectivity index (χ3n) is 5.15. The van der Waals surface area contributed by atoms with E-state index < -0.39 is 29.5 Å². The van der Waals surface area contributed by atoms with Crippen molar-refractivity contribution in [1.82, 2.24) is 18.7 Å². The highest BCUT2D eigenvalue weighted by atomic mass is 32.1. The van der Waals surface area contributed by atoms with Crippen LogP contribution in [0.4, 0.5) is 0 Å². The van der Waals surface area contributed by atoms with E-state index in [0.29, 0.717) is 6.42 Å². The second kappa shape index (κ2) is 9.51. The molecule has 1 unspecified atom stereocenters. The van der Waals surface area contributed by atoms with Gasteiger partial charge in [-0.3, -0.25) is 4.79 Å². The van der Waals surface area contributed by atoms with Gasteiger partial charge in [0.2, 0.25) is 0 Å². The first-order valence-corrected chi connectivity index (χ1v) is 11.8. The molecule has 0 spiro atoms. The molecule has 0 N–H and O–H groups in total. The van der Waals surface area contributed by atoms with Crippen LogP contribution in [0.1, 0.15) is 22.2 Å². The van der Waals surface area contributed by atoms with Crippen LogP contribution in [0.3, 0.4) is 0 Å². The quantitative estimate of drug-likeness (QED) is 0.458. The van der Waals surface area contributed by atoms with E-state index in [0.717, 1.165) is 29.2 Å². The Balaban J connectivity index is 1.75. The number of carbonyl (C=O) groups excluding carboxylic acids is 1. The number of rotatable bonds is 8. The number of hydrazone groups is 1. The summed E-state index contributed by atoms with van der Waals surface area (Å²) in [5.41, 5.74) is -1.74. The molecule has 33 heavy (non-hydrogen) atoms. The molecule has 0 aromatic carbocycles. The van der Waals surface area contributed by atoms with E-state index in [1.54, 1.807) is 0 Å². The number of amides is 1. The van der Waals surface area contributed by atoms with E-state index in [1.807, 2.05) is 35.0 Å². The highest BCUT2D eigenvalue weighted by Crippen LogP contribution is 2.35. The summed E-state index contributed by atoms with van der Waals surface area (Å²) in [6, 6.07) is 7.34. The van der Waals surface area contributed by atoms with Crippen LogP contribution in [0.25, 0.3) is 0 Å². The van der Waals surface area contributed by atoms with Crippen molar-refractivity contribution in [2.24, 2.45) is 5.10 Å². The summed E-state index contributed by atoms with van der Waals surface area (Å²) in [6.45, 7) is 6.38. The summed E-state index contributed by atoms with van der Waals surface area (Å²) < 4.78 is 2.50. The van der Waals surface area contributed by atoms with E-state index in [-0.39, 0.29) is 19.1 Å². The lowest BCUT2D eigenvalue weighted by molar-refractivity contribution is -0.133. The number of carbonyl (C=O) groups is 1. The van der Waals surface area contributed by atoms with Crippen molar-refractivity contribution in [3.8, 4) is 0 Å². The van der Waals surface area contributed by atoms with Gasteiger partial charge in [-0.2, -0.15) is 5.10 Å². The molecular weight excluding hydrogens is 462 g/mol. The van der Waals surface area contributed by atoms with Crippen molar-refractivity contribution in [3.05, 3.63) is 102 Å². The van der Waals surface area contributed by atoms with E-state index >= 15 is 0 Å². The molecule has 3 aromatic rings. The molecule has 9 nitrogen and oxygen atoms in total. The first-order chi connectivity index (χ1) is 16.0. The van der Waals surface area contributed by atoms with Crippen molar-refractivity contribution in [3.63, 3.8) is 0 Å². The fourth-order valence-electron chi connectivity index (χ4n) is 3.63. The first kappa shape index (κ1) is 22.6. The maximum Gasteiger partial charge on any atom is 0.337 e. The van der Waals surface area contributed by atoms with Crippen molar-refractivity contribution in [2.75, 3.05) is 0 Å². The van der Waals surface area contributed by atoms with Gasteiger partial charge in [0.25, 0.3) is 5.91 Å². The molecule has 0 aliphatic carbocycles. The van der Waals surface area contributed by atoms with Gasteiger partial charge in [0.15, 0.2) is 0 Å². The minimum Gasteiger partial charge on any atom is -0.271 e. The minimum absolute atomic E-state index is 0.0918. The van der Waals surface area contributed by atoms with Gasteiger partial charge in [-0.25, -0.2) is 33.1 Å². The summed E-state index contributed by atoms with van der Waals surface area (Å²) in [4.78, 5) is 53.6. The second-order valence-electron chi connectivity index (χ2n) is 7.23. The molecule has 0 fully saturated rings. The Kier molecular flexibility index (Phi) is 6.52. The van der Waals surface area contributed by atoms with Gasteiger partial charge in [0.05, 0.1) is 29.7 Å². The lowest BCUT2D eigenvalue weighted by atomic mass is 10.1. The minimum atomic E-state index is -0.868. The zero-order chi connectivity index (χ0) is 23.5. The number of hydrogen-bond acceptors (Lipinski definition) is 7. The predicted molar refractivity (Wildman–Crippen MR) is 129 cm³/mol. The lowest BCUT2D eigenvalue weighted by Crippen LogP contribution is -2.55. The summed E-state index contributed by atoms with van der Waals surface area (Å²) in [5, 5.41) is 9.75. The molecule has 1 aliphatic heterocycles. The Morgan fingerprint density at radius 3 is 2.12 bits per heavy atom. The van der Waals surface area contributed by atoms with Crippen LogP contribution in [0.15, 0.2) is 79.8 Å². The van der Waals surface area contributed by atoms with Gasteiger partial charge in [-0.05, 0) is 22.9 Å². The summed E-state index contributed by atoms with van der Waals surface area (Å²) in [5.74, 6) is -0.520. The van der Waals surface area contributed by atoms with Crippen LogP contribution in [-0.4, -0.2) is 30.3 Å². The van der Waals surface area contributed by atoms with Crippen molar-refractivity contribution in [2.45, 2.75) is 32.1 Å². The molecule has 1 atom stereocenters. The largest absolute Gasteiger partial charge is 0.337 e. The van der Waals surface area contributed by atoms with Gasteiger partial charge in [0, 0.05) is 11.3 Å². The second-order valence-corrected chi connectivity index (χ2v) is 9.16. The lowest BCUT2D eigenvalue weighted by Gasteiger charge is -2.21. The van der Waals surface area contributed by atoms with Gasteiger partial charge < -0.3 is 0 Å². The molecule has 11 heteroatoms. The monoisotopic (exact) mass is 483 g/mol. The number of thiophene rings is 2. The molecule has 4 heterocycles. The number of nitrogens with zero attached hydrogens (tertiary/aromatic N) is 5. The molecule has 0 radical (unpaired) electrons. The molecular formula is C22H21N5O4S2. The summed E-state index contributed by atoms with van der Waals surface area (Å²) in [6.07, 6.45) is 3.28. The molecule has 1 aliphatic rings. The Labute approximate surface area is 196 Å². The molecule has 170 valence electrons. The Bertz CT molecular complexity index is 1350. The normalized spacial score (nSPS) is 15.5. The number of allylic oxidation sites excluding steroid dienone is 2. The fraction of sp³-hybridized carbons (Fsp3) is 0.227. The molecule has 4 rings (SSSR count). The summed E-state index contributed by atoms with van der Waals surface area (Å²) >= 11 is 3.04.